The second kappa shape index (κ2) is 7.64. The predicted molar refractivity (Wildman–Crippen MR) is 119 cm³/mol. The van der Waals surface area contributed by atoms with Gasteiger partial charge in [-0.3, -0.25) is 0 Å². The van der Waals surface area contributed by atoms with Gasteiger partial charge in [0.05, 0.1) is 14.2 Å². The quantitative estimate of drug-likeness (QED) is 0.576. The highest BCUT2D eigenvalue weighted by molar-refractivity contribution is 5.89. The Bertz CT molecular complexity index is 1080. The summed E-state index contributed by atoms with van der Waals surface area (Å²) in [6.45, 7) is 1.06. The number of methoxy groups -OCH3 is 2. The lowest BCUT2D eigenvalue weighted by Gasteiger charge is -2.21. The van der Waals surface area contributed by atoms with Gasteiger partial charge in [0, 0.05) is 23.3 Å². The molecule has 0 fully saturated rings. The molecule has 0 N–H and O–H groups in total. The van der Waals surface area contributed by atoms with Crippen molar-refractivity contribution in [3.8, 4) is 23.0 Å². The van der Waals surface area contributed by atoms with Crippen molar-refractivity contribution in [3.05, 3.63) is 82.9 Å². The zero-order valence-corrected chi connectivity index (χ0v) is 17.0. The van der Waals surface area contributed by atoms with Gasteiger partial charge in [0.2, 0.25) is 0 Å². The fourth-order valence-corrected chi connectivity index (χ4v) is 3.79. The Morgan fingerprint density at radius 1 is 0.633 bits per heavy atom. The lowest BCUT2D eigenvalue weighted by Crippen LogP contribution is -2.08. The molecule has 5 rings (SSSR count). The molecule has 0 atom stereocenters. The average molecular weight is 398 g/mol. The van der Waals surface area contributed by atoms with E-state index < -0.39 is 0 Å². The first-order valence-corrected chi connectivity index (χ1v) is 9.87. The van der Waals surface area contributed by atoms with Crippen LogP contribution in [0.4, 0.5) is 0 Å². The van der Waals surface area contributed by atoms with Gasteiger partial charge >= 0.3 is 0 Å². The number of fused-ring (bicyclic) bond motifs is 2. The van der Waals surface area contributed by atoms with Crippen molar-refractivity contribution >= 4 is 23.3 Å². The molecule has 2 aliphatic rings. The molecule has 3 aromatic rings. The Labute approximate surface area is 176 Å². The number of ether oxygens (including phenoxy) is 4. The van der Waals surface area contributed by atoms with E-state index in [0.29, 0.717) is 13.2 Å². The van der Waals surface area contributed by atoms with Crippen molar-refractivity contribution in [2.75, 3.05) is 27.4 Å². The Kier molecular flexibility index (Phi) is 4.68. The maximum atomic E-state index is 5.99. The first kappa shape index (κ1) is 18.4. The van der Waals surface area contributed by atoms with Crippen LogP contribution in [-0.2, 0) is 0 Å². The van der Waals surface area contributed by atoms with E-state index in [1.54, 1.807) is 14.2 Å². The number of rotatable bonds is 4. The molecule has 3 aromatic carbocycles. The highest BCUT2D eigenvalue weighted by Crippen LogP contribution is 2.36. The minimum Gasteiger partial charge on any atom is -0.497 e. The van der Waals surface area contributed by atoms with Crippen LogP contribution in [0.2, 0.25) is 0 Å². The Hall–Kier alpha value is -3.66. The minimum atomic E-state index is 0.530. The van der Waals surface area contributed by atoms with E-state index >= 15 is 0 Å². The molecule has 4 nitrogen and oxygen atoms in total. The van der Waals surface area contributed by atoms with Crippen molar-refractivity contribution in [2.45, 2.75) is 0 Å². The summed E-state index contributed by atoms with van der Waals surface area (Å²) in [7, 11) is 3.33. The summed E-state index contributed by atoms with van der Waals surface area (Å²) in [6, 6.07) is 20.3. The molecule has 0 saturated carbocycles. The van der Waals surface area contributed by atoms with Crippen LogP contribution >= 0.6 is 0 Å². The van der Waals surface area contributed by atoms with Gasteiger partial charge in [-0.25, -0.2) is 0 Å². The second-order valence-electron chi connectivity index (χ2n) is 7.30. The zero-order chi connectivity index (χ0) is 20.5. The largest absolute Gasteiger partial charge is 0.497 e. The van der Waals surface area contributed by atoms with Gasteiger partial charge in [-0.05, 0) is 64.8 Å². The summed E-state index contributed by atoms with van der Waals surface area (Å²) in [5.41, 5.74) is 6.72. The summed E-state index contributed by atoms with van der Waals surface area (Å²) >= 11 is 0. The molecule has 0 amide bonds. The molecule has 0 aromatic heterocycles. The van der Waals surface area contributed by atoms with E-state index in [2.05, 4.69) is 36.4 Å². The second-order valence-corrected chi connectivity index (χ2v) is 7.30. The molecule has 0 spiro atoms. The lowest BCUT2D eigenvalue weighted by atomic mass is 9.95. The van der Waals surface area contributed by atoms with Crippen LogP contribution in [-0.4, -0.2) is 27.4 Å². The lowest BCUT2D eigenvalue weighted by molar-refractivity contribution is 0.359. The van der Waals surface area contributed by atoms with Gasteiger partial charge in [0.15, 0.2) is 0 Å². The number of benzene rings is 3. The molecule has 30 heavy (non-hydrogen) atoms. The molecule has 150 valence electrons. The van der Waals surface area contributed by atoms with Crippen LogP contribution in [0.25, 0.3) is 23.3 Å². The summed E-state index contributed by atoms with van der Waals surface area (Å²) in [5, 5.41) is 0. The van der Waals surface area contributed by atoms with Gasteiger partial charge in [-0.1, -0.05) is 18.2 Å². The summed E-state index contributed by atoms with van der Waals surface area (Å²) in [5.74, 6) is 3.30. The third kappa shape index (κ3) is 3.41. The van der Waals surface area contributed by atoms with E-state index in [0.717, 1.165) is 56.4 Å². The Morgan fingerprint density at radius 3 is 1.60 bits per heavy atom. The molecule has 0 bridgehead atoms. The molecular formula is C26H22O4. The van der Waals surface area contributed by atoms with Crippen molar-refractivity contribution in [2.24, 2.45) is 0 Å². The number of hydrogen-bond donors (Lipinski definition) is 0. The predicted octanol–water partition coefficient (Wildman–Crippen LogP) is 5.57. The normalized spacial score (nSPS) is 14.3. The van der Waals surface area contributed by atoms with Crippen LogP contribution in [0.1, 0.15) is 22.3 Å². The van der Waals surface area contributed by atoms with Gasteiger partial charge in [0.1, 0.15) is 36.2 Å². The molecular weight excluding hydrogens is 376 g/mol. The van der Waals surface area contributed by atoms with Gasteiger partial charge in [0.25, 0.3) is 0 Å². The number of hydrogen-bond acceptors (Lipinski definition) is 4. The van der Waals surface area contributed by atoms with E-state index in [1.165, 1.54) is 0 Å². The first-order valence-electron chi connectivity index (χ1n) is 9.87. The van der Waals surface area contributed by atoms with Gasteiger partial charge < -0.3 is 18.9 Å². The van der Waals surface area contributed by atoms with Gasteiger partial charge in [-0.15, -0.1) is 0 Å². The molecule has 0 radical (unpaired) electrons. The van der Waals surface area contributed by atoms with E-state index in [-0.39, 0.29) is 0 Å². The summed E-state index contributed by atoms with van der Waals surface area (Å²) in [4.78, 5) is 0. The van der Waals surface area contributed by atoms with Crippen molar-refractivity contribution < 1.29 is 18.9 Å². The van der Waals surface area contributed by atoms with Crippen LogP contribution < -0.4 is 18.9 Å². The molecule has 2 heterocycles. The van der Waals surface area contributed by atoms with Crippen LogP contribution in [0.5, 0.6) is 23.0 Å². The van der Waals surface area contributed by atoms with Crippen molar-refractivity contribution in [1.29, 1.82) is 0 Å². The molecule has 0 saturated heterocycles. The minimum absolute atomic E-state index is 0.530. The third-order valence-electron chi connectivity index (χ3n) is 5.47. The molecule has 4 heteroatoms. The van der Waals surface area contributed by atoms with Crippen molar-refractivity contribution in [3.63, 3.8) is 0 Å². The SMILES string of the molecule is COc1ccc2c(c1)OCC(c1cccc(C3=Cc4ccc(OC)cc4OC3)c1)=C2. The fraction of sp³-hybridized carbons (Fsp3) is 0.154. The Balaban J connectivity index is 1.46. The zero-order valence-electron chi connectivity index (χ0n) is 17.0. The maximum Gasteiger partial charge on any atom is 0.130 e. The molecule has 2 aliphatic heterocycles. The summed E-state index contributed by atoms with van der Waals surface area (Å²) < 4.78 is 22.5. The highest BCUT2D eigenvalue weighted by atomic mass is 16.5. The van der Waals surface area contributed by atoms with E-state index in [9.17, 15) is 0 Å². The van der Waals surface area contributed by atoms with Crippen LogP contribution in [0, 0.1) is 0 Å². The van der Waals surface area contributed by atoms with Crippen molar-refractivity contribution in [1.82, 2.24) is 0 Å². The standard InChI is InChI=1S/C26H22O4/c1-27-23-8-6-19-11-21(15-29-25(19)13-23)17-4-3-5-18(10-17)22-12-20-7-9-24(28-2)14-26(20)30-16-22/h3-14H,15-16H2,1-2H3. The molecule has 0 unspecified atom stereocenters. The van der Waals surface area contributed by atoms with E-state index in [1.807, 2.05) is 36.4 Å². The monoisotopic (exact) mass is 398 g/mol. The summed E-state index contributed by atoms with van der Waals surface area (Å²) in [6.07, 6.45) is 4.37. The fourth-order valence-electron chi connectivity index (χ4n) is 3.79. The van der Waals surface area contributed by atoms with Crippen LogP contribution in [0.3, 0.4) is 0 Å². The highest BCUT2D eigenvalue weighted by Gasteiger charge is 2.17. The first-order chi connectivity index (χ1) is 14.7. The molecule has 0 aliphatic carbocycles. The topological polar surface area (TPSA) is 36.9 Å². The van der Waals surface area contributed by atoms with E-state index in [4.69, 9.17) is 18.9 Å². The average Bonchev–Trinajstić information content (AvgIpc) is 2.82. The smallest absolute Gasteiger partial charge is 0.130 e. The third-order valence-corrected chi connectivity index (χ3v) is 5.47. The Morgan fingerprint density at radius 2 is 1.13 bits per heavy atom. The maximum absolute atomic E-state index is 5.99. The van der Waals surface area contributed by atoms with Crippen LogP contribution in [0.15, 0.2) is 60.7 Å². The van der Waals surface area contributed by atoms with Gasteiger partial charge in [-0.2, -0.15) is 0 Å².